The quantitative estimate of drug-likeness (QED) is 0.727. The average Bonchev–Trinajstić information content (AvgIpc) is 2.29. The van der Waals surface area contributed by atoms with E-state index >= 15 is 0 Å². The molecule has 0 aliphatic carbocycles. The van der Waals surface area contributed by atoms with Gasteiger partial charge in [0.25, 0.3) is 0 Å². The highest BCUT2D eigenvalue weighted by Gasteiger charge is 2.39. The monoisotopic (exact) mass is 277 g/mol. The zero-order valence-electron chi connectivity index (χ0n) is 11.9. The molecule has 0 radical (unpaired) electrons. The molecule has 5 nitrogen and oxygen atoms in total. The minimum absolute atomic E-state index is 0.113. The predicted molar refractivity (Wildman–Crippen MR) is 75.5 cm³/mol. The van der Waals surface area contributed by atoms with Crippen molar-refractivity contribution in [2.45, 2.75) is 24.8 Å². The maximum atomic E-state index is 11.5. The van der Waals surface area contributed by atoms with Crippen molar-refractivity contribution in [3.8, 4) is 0 Å². The second kappa shape index (κ2) is 6.32. The third-order valence-electron chi connectivity index (χ3n) is 4.05. The van der Waals surface area contributed by atoms with Crippen molar-refractivity contribution in [1.29, 1.82) is 0 Å². The molecule has 6 heteroatoms. The molecule has 1 aliphatic heterocycles. The summed E-state index contributed by atoms with van der Waals surface area (Å²) >= 11 is 0. The van der Waals surface area contributed by atoms with Crippen LogP contribution in [0, 0.1) is 0 Å². The van der Waals surface area contributed by atoms with E-state index in [4.69, 9.17) is 5.73 Å². The topological polar surface area (TPSA) is 66.6 Å². The molecule has 18 heavy (non-hydrogen) atoms. The minimum Gasteiger partial charge on any atom is -0.329 e. The van der Waals surface area contributed by atoms with Crippen molar-refractivity contribution in [3.63, 3.8) is 0 Å². The summed E-state index contributed by atoms with van der Waals surface area (Å²) in [5.74, 6) is 0.560. The molecule has 0 saturated carbocycles. The number of sulfone groups is 1. The Hall–Kier alpha value is -0.170. The normalized spacial score (nSPS) is 22.6. The molecule has 2 N–H and O–H groups in total. The van der Waals surface area contributed by atoms with Gasteiger partial charge in [-0.05, 0) is 53.5 Å². The van der Waals surface area contributed by atoms with Crippen LogP contribution >= 0.6 is 0 Å². The van der Waals surface area contributed by atoms with Gasteiger partial charge in [-0.15, -0.1) is 0 Å². The molecule has 0 atom stereocenters. The van der Waals surface area contributed by atoms with Crippen LogP contribution in [0.5, 0.6) is 0 Å². The third-order valence-corrected chi connectivity index (χ3v) is 5.70. The molecule has 1 rings (SSSR count). The Kier molecular flexibility index (Phi) is 5.58. The third kappa shape index (κ3) is 4.19. The summed E-state index contributed by atoms with van der Waals surface area (Å²) in [6.45, 7) is 2.56. The summed E-state index contributed by atoms with van der Waals surface area (Å²) in [6.07, 6.45) is 2.42. The summed E-state index contributed by atoms with van der Waals surface area (Å²) in [4.78, 5) is 4.43. The van der Waals surface area contributed by atoms with Crippen LogP contribution in [0.15, 0.2) is 0 Å². The molecule has 0 bridgehead atoms. The van der Waals surface area contributed by atoms with E-state index in [9.17, 15) is 8.42 Å². The number of nitrogens with zero attached hydrogens (tertiary/aromatic N) is 2. The van der Waals surface area contributed by atoms with Crippen molar-refractivity contribution in [2.24, 2.45) is 5.73 Å². The van der Waals surface area contributed by atoms with E-state index < -0.39 is 9.84 Å². The predicted octanol–water partition coefficient (Wildman–Crippen LogP) is -0.224. The van der Waals surface area contributed by atoms with E-state index in [1.807, 2.05) is 0 Å². The first-order chi connectivity index (χ1) is 8.31. The van der Waals surface area contributed by atoms with Crippen molar-refractivity contribution < 1.29 is 8.42 Å². The molecular weight excluding hydrogens is 250 g/mol. The highest BCUT2D eigenvalue weighted by atomic mass is 32.2. The number of nitrogens with two attached hydrogens (primary N) is 1. The average molecular weight is 277 g/mol. The summed E-state index contributed by atoms with van der Waals surface area (Å²) in [6, 6.07) is 0. The molecule has 0 spiro atoms. The number of likely N-dealkylation sites (N-methyl/N-ethyl adjacent to an activating group) is 1. The van der Waals surface area contributed by atoms with Gasteiger partial charge in [0.2, 0.25) is 0 Å². The standard InChI is InChI=1S/C12H27N3O2S/c1-14(2)7-4-8-15(3)12(11-13)5-9-18(16,17)10-6-12/h4-11,13H2,1-3H3. The first kappa shape index (κ1) is 15.9. The van der Waals surface area contributed by atoms with Gasteiger partial charge in [0.1, 0.15) is 9.84 Å². The molecule has 0 aromatic heterocycles. The fourth-order valence-electron chi connectivity index (χ4n) is 2.52. The zero-order valence-corrected chi connectivity index (χ0v) is 12.7. The zero-order chi connectivity index (χ0) is 13.8. The van der Waals surface area contributed by atoms with Gasteiger partial charge in [-0.3, -0.25) is 4.90 Å². The SMILES string of the molecule is CN(C)CCCN(C)C1(CN)CCS(=O)(=O)CC1. The van der Waals surface area contributed by atoms with E-state index in [2.05, 4.69) is 30.9 Å². The van der Waals surface area contributed by atoms with Gasteiger partial charge in [-0.1, -0.05) is 0 Å². The molecule has 1 aliphatic rings. The van der Waals surface area contributed by atoms with Crippen LogP contribution in [0.1, 0.15) is 19.3 Å². The first-order valence-electron chi connectivity index (χ1n) is 6.58. The number of hydrogen-bond acceptors (Lipinski definition) is 5. The van der Waals surface area contributed by atoms with Crippen molar-refractivity contribution >= 4 is 9.84 Å². The Morgan fingerprint density at radius 2 is 1.67 bits per heavy atom. The lowest BCUT2D eigenvalue weighted by Crippen LogP contribution is -2.56. The minimum atomic E-state index is -2.82. The molecular formula is C12H27N3O2S. The van der Waals surface area contributed by atoms with Crippen LogP contribution in [0.3, 0.4) is 0 Å². The van der Waals surface area contributed by atoms with E-state index in [-0.39, 0.29) is 17.0 Å². The van der Waals surface area contributed by atoms with Gasteiger partial charge >= 0.3 is 0 Å². The Labute approximate surface area is 111 Å². The summed E-state index contributed by atoms with van der Waals surface area (Å²) in [7, 11) is 3.37. The number of hydrogen-bond donors (Lipinski definition) is 1. The van der Waals surface area contributed by atoms with Gasteiger partial charge in [0.15, 0.2) is 0 Å². The van der Waals surface area contributed by atoms with E-state index in [0.717, 1.165) is 19.5 Å². The Bertz CT molecular complexity index is 340. The maximum Gasteiger partial charge on any atom is 0.150 e. The van der Waals surface area contributed by atoms with Gasteiger partial charge in [0, 0.05) is 12.1 Å². The van der Waals surface area contributed by atoms with Crippen LogP contribution in [-0.4, -0.2) is 76.0 Å². The van der Waals surface area contributed by atoms with Crippen molar-refractivity contribution in [2.75, 3.05) is 52.3 Å². The van der Waals surface area contributed by atoms with Crippen LogP contribution in [0.2, 0.25) is 0 Å². The van der Waals surface area contributed by atoms with E-state index in [0.29, 0.717) is 19.4 Å². The highest BCUT2D eigenvalue weighted by Crippen LogP contribution is 2.28. The molecule has 108 valence electrons. The van der Waals surface area contributed by atoms with Crippen LogP contribution in [0.4, 0.5) is 0 Å². The lowest BCUT2D eigenvalue weighted by Gasteiger charge is -2.44. The fraction of sp³-hybridized carbons (Fsp3) is 1.00. The Balaban J connectivity index is 2.54. The Morgan fingerprint density at radius 3 is 2.11 bits per heavy atom. The highest BCUT2D eigenvalue weighted by molar-refractivity contribution is 7.91. The molecule has 1 saturated heterocycles. The van der Waals surface area contributed by atoms with Crippen molar-refractivity contribution in [3.05, 3.63) is 0 Å². The lowest BCUT2D eigenvalue weighted by molar-refractivity contribution is 0.109. The molecule has 1 fully saturated rings. The summed E-state index contributed by atoms with van der Waals surface area (Å²) in [5, 5.41) is 0. The molecule has 1 heterocycles. The van der Waals surface area contributed by atoms with Crippen LogP contribution < -0.4 is 5.73 Å². The van der Waals surface area contributed by atoms with Crippen LogP contribution in [0.25, 0.3) is 0 Å². The smallest absolute Gasteiger partial charge is 0.150 e. The summed E-state index contributed by atoms with van der Waals surface area (Å²) < 4.78 is 23.0. The summed E-state index contributed by atoms with van der Waals surface area (Å²) in [5.41, 5.74) is 5.80. The van der Waals surface area contributed by atoms with Gasteiger partial charge in [-0.25, -0.2) is 8.42 Å². The largest absolute Gasteiger partial charge is 0.329 e. The van der Waals surface area contributed by atoms with E-state index in [1.54, 1.807) is 0 Å². The van der Waals surface area contributed by atoms with E-state index in [1.165, 1.54) is 0 Å². The molecule has 0 aromatic rings. The van der Waals surface area contributed by atoms with Gasteiger partial charge < -0.3 is 10.6 Å². The second-order valence-corrected chi connectivity index (χ2v) is 7.96. The number of rotatable bonds is 6. The van der Waals surface area contributed by atoms with Crippen LogP contribution in [-0.2, 0) is 9.84 Å². The van der Waals surface area contributed by atoms with Crippen molar-refractivity contribution in [1.82, 2.24) is 9.80 Å². The molecule has 0 aromatic carbocycles. The Morgan fingerprint density at radius 1 is 1.11 bits per heavy atom. The van der Waals surface area contributed by atoms with Gasteiger partial charge in [0.05, 0.1) is 11.5 Å². The molecule has 0 amide bonds. The lowest BCUT2D eigenvalue weighted by atomic mass is 9.90. The first-order valence-corrected chi connectivity index (χ1v) is 8.40. The maximum absolute atomic E-state index is 11.5. The van der Waals surface area contributed by atoms with Gasteiger partial charge in [-0.2, -0.15) is 0 Å². The fourth-order valence-corrected chi connectivity index (χ4v) is 4.11. The molecule has 0 unspecified atom stereocenters. The second-order valence-electron chi connectivity index (χ2n) is 5.66.